The Balaban J connectivity index is 2.24. The summed E-state index contributed by atoms with van der Waals surface area (Å²) in [4.78, 5) is 10.2. The minimum absolute atomic E-state index is 0.603. The van der Waals surface area contributed by atoms with Crippen LogP contribution in [0.1, 0.15) is 23.7 Å². The molecule has 2 N–H and O–H groups in total. The van der Waals surface area contributed by atoms with Crippen LogP contribution in [0.2, 0.25) is 0 Å². The topological polar surface area (TPSA) is 67.8 Å². The van der Waals surface area contributed by atoms with Gasteiger partial charge in [-0.15, -0.1) is 11.3 Å². The molecule has 0 saturated carbocycles. The van der Waals surface area contributed by atoms with Crippen LogP contribution >= 0.6 is 11.3 Å². The highest BCUT2D eigenvalue weighted by molar-refractivity contribution is 7.11. The number of ether oxygens (including phenoxy) is 2. The third kappa shape index (κ3) is 8.31. The number of rotatable bonds is 11. The Morgan fingerprint density at radius 1 is 1.27 bits per heavy atom. The molecule has 0 aliphatic heterocycles. The summed E-state index contributed by atoms with van der Waals surface area (Å²) < 4.78 is 10.3. The average Bonchev–Trinajstić information content (AvgIpc) is 2.98. The van der Waals surface area contributed by atoms with Crippen molar-refractivity contribution in [2.45, 2.75) is 26.7 Å². The summed E-state index contributed by atoms with van der Waals surface area (Å²) in [5.41, 5.74) is 0. The first-order chi connectivity index (χ1) is 10.8. The molecule has 0 aromatic carbocycles. The number of aliphatic imine (C=N–C) groups is 1. The second-order valence-electron chi connectivity index (χ2n) is 4.62. The maximum atomic E-state index is 5.40. The van der Waals surface area contributed by atoms with E-state index in [0.717, 1.165) is 31.9 Å². The van der Waals surface area contributed by atoms with Crippen LogP contribution in [0.5, 0.6) is 0 Å². The molecule has 0 unspecified atom stereocenters. The van der Waals surface area contributed by atoms with E-state index >= 15 is 0 Å². The number of aryl methyl sites for hydroxylation is 1. The number of aromatic nitrogens is 1. The molecule has 0 aliphatic rings. The van der Waals surface area contributed by atoms with Crippen LogP contribution in [0.25, 0.3) is 0 Å². The van der Waals surface area contributed by atoms with Gasteiger partial charge in [0.15, 0.2) is 5.96 Å². The molecular weight excluding hydrogens is 300 g/mol. The van der Waals surface area contributed by atoms with Crippen molar-refractivity contribution >= 4 is 17.3 Å². The smallest absolute Gasteiger partial charge is 0.191 e. The lowest BCUT2D eigenvalue weighted by Crippen LogP contribution is -2.38. The summed E-state index contributed by atoms with van der Waals surface area (Å²) in [5, 5.41) is 7.72. The van der Waals surface area contributed by atoms with Gasteiger partial charge >= 0.3 is 0 Å². The molecule has 0 aliphatic carbocycles. The lowest BCUT2D eigenvalue weighted by atomic mass is 10.4. The molecule has 1 heterocycles. The number of nitrogens with zero attached hydrogens (tertiary/aromatic N) is 2. The van der Waals surface area contributed by atoms with Crippen LogP contribution in [-0.2, 0) is 22.3 Å². The van der Waals surface area contributed by atoms with Crippen LogP contribution in [0.15, 0.2) is 11.2 Å². The second-order valence-corrected chi connectivity index (χ2v) is 5.82. The van der Waals surface area contributed by atoms with Crippen LogP contribution in [0.4, 0.5) is 0 Å². The number of nitrogens with one attached hydrogen (secondary N) is 2. The monoisotopic (exact) mass is 328 g/mol. The van der Waals surface area contributed by atoms with E-state index in [2.05, 4.69) is 34.5 Å². The Kier molecular flexibility index (Phi) is 10.6. The van der Waals surface area contributed by atoms with Gasteiger partial charge in [0, 0.05) is 37.7 Å². The number of hydrogen-bond donors (Lipinski definition) is 2. The van der Waals surface area contributed by atoms with Gasteiger partial charge in [0.1, 0.15) is 0 Å². The number of hydrogen-bond acceptors (Lipinski definition) is 5. The predicted molar refractivity (Wildman–Crippen MR) is 91.9 cm³/mol. The largest absolute Gasteiger partial charge is 0.382 e. The highest BCUT2D eigenvalue weighted by Crippen LogP contribution is 2.13. The van der Waals surface area contributed by atoms with Crippen molar-refractivity contribution in [1.82, 2.24) is 15.6 Å². The van der Waals surface area contributed by atoms with Gasteiger partial charge in [0.2, 0.25) is 0 Å². The summed E-state index contributed by atoms with van der Waals surface area (Å²) in [6, 6.07) is 0. The van der Waals surface area contributed by atoms with Crippen LogP contribution < -0.4 is 10.6 Å². The van der Waals surface area contributed by atoms with Gasteiger partial charge in [-0.25, -0.2) is 4.98 Å². The molecule has 0 fully saturated rings. The lowest BCUT2D eigenvalue weighted by Gasteiger charge is -2.10. The van der Waals surface area contributed by atoms with Gasteiger partial charge in [0.25, 0.3) is 0 Å². The van der Waals surface area contributed by atoms with E-state index in [1.54, 1.807) is 18.4 Å². The number of methoxy groups -OCH3 is 1. The number of thiazole rings is 1. The SMILES string of the molecule is CCNC(=NCCOCCOC)NCCc1ncc(CC)s1. The summed E-state index contributed by atoms with van der Waals surface area (Å²) in [6.07, 6.45) is 3.94. The Bertz CT molecular complexity index is 423. The van der Waals surface area contributed by atoms with Crippen molar-refractivity contribution in [1.29, 1.82) is 0 Å². The molecule has 0 atom stereocenters. The zero-order valence-electron chi connectivity index (χ0n) is 13.9. The van der Waals surface area contributed by atoms with E-state index in [-0.39, 0.29) is 0 Å². The zero-order valence-corrected chi connectivity index (χ0v) is 14.7. The third-order valence-corrected chi connectivity index (χ3v) is 4.06. The van der Waals surface area contributed by atoms with Crippen LogP contribution in [-0.4, -0.2) is 57.5 Å². The highest BCUT2D eigenvalue weighted by atomic mass is 32.1. The Hall–Kier alpha value is -1.18. The Labute approximate surface area is 137 Å². The first-order valence-electron chi connectivity index (χ1n) is 7.82. The summed E-state index contributed by atoms with van der Waals surface area (Å²) in [7, 11) is 1.67. The quantitative estimate of drug-likeness (QED) is 0.366. The fourth-order valence-corrected chi connectivity index (χ4v) is 2.58. The molecule has 22 heavy (non-hydrogen) atoms. The standard InChI is InChI=1S/C15H28N4O2S/c1-4-13-12-19-14(22-13)6-7-17-15(16-5-2)18-8-9-21-11-10-20-3/h12H,4-11H2,1-3H3,(H2,16,17,18). The van der Waals surface area contributed by atoms with Crippen molar-refractivity contribution in [2.75, 3.05) is 46.6 Å². The molecule has 0 radical (unpaired) electrons. The van der Waals surface area contributed by atoms with E-state index in [0.29, 0.717) is 26.4 Å². The van der Waals surface area contributed by atoms with Crippen molar-refractivity contribution in [3.63, 3.8) is 0 Å². The molecular formula is C15H28N4O2S. The van der Waals surface area contributed by atoms with Gasteiger partial charge in [-0.3, -0.25) is 4.99 Å². The number of guanidine groups is 1. The lowest BCUT2D eigenvalue weighted by molar-refractivity contribution is 0.0748. The van der Waals surface area contributed by atoms with E-state index in [1.807, 2.05) is 6.20 Å². The van der Waals surface area contributed by atoms with Crippen molar-refractivity contribution in [3.8, 4) is 0 Å². The fraction of sp³-hybridized carbons (Fsp3) is 0.733. The second kappa shape index (κ2) is 12.4. The highest BCUT2D eigenvalue weighted by Gasteiger charge is 2.01. The van der Waals surface area contributed by atoms with Crippen LogP contribution in [0, 0.1) is 0 Å². The van der Waals surface area contributed by atoms with Gasteiger partial charge in [0.05, 0.1) is 31.4 Å². The van der Waals surface area contributed by atoms with Gasteiger partial charge in [-0.1, -0.05) is 6.92 Å². The maximum absolute atomic E-state index is 5.40. The molecule has 1 rings (SSSR count). The van der Waals surface area contributed by atoms with Gasteiger partial charge < -0.3 is 20.1 Å². The van der Waals surface area contributed by atoms with Crippen molar-refractivity contribution in [2.24, 2.45) is 4.99 Å². The van der Waals surface area contributed by atoms with Crippen molar-refractivity contribution in [3.05, 3.63) is 16.1 Å². The van der Waals surface area contributed by atoms with E-state index in [9.17, 15) is 0 Å². The third-order valence-electron chi connectivity index (χ3n) is 2.86. The summed E-state index contributed by atoms with van der Waals surface area (Å²) >= 11 is 1.78. The molecule has 0 amide bonds. The minimum Gasteiger partial charge on any atom is -0.382 e. The predicted octanol–water partition coefficient (Wildman–Crippen LogP) is 1.47. The van der Waals surface area contributed by atoms with Gasteiger partial charge in [-0.05, 0) is 13.3 Å². The Morgan fingerprint density at radius 3 is 2.82 bits per heavy atom. The maximum Gasteiger partial charge on any atom is 0.191 e. The minimum atomic E-state index is 0.603. The average molecular weight is 328 g/mol. The van der Waals surface area contributed by atoms with E-state index in [1.165, 1.54) is 9.88 Å². The van der Waals surface area contributed by atoms with Crippen molar-refractivity contribution < 1.29 is 9.47 Å². The summed E-state index contributed by atoms with van der Waals surface area (Å²) in [6.45, 7) is 8.35. The molecule has 0 bridgehead atoms. The molecule has 7 heteroatoms. The molecule has 0 spiro atoms. The molecule has 1 aromatic rings. The first kappa shape index (κ1) is 18.9. The molecule has 6 nitrogen and oxygen atoms in total. The van der Waals surface area contributed by atoms with Crippen LogP contribution in [0.3, 0.4) is 0 Å². The Morgan fingerprint density at radius 2 is 2.14 bits per heavy atom. The van der Waals surface area contributed by atoms with Gasteiger partial charge in [-0.2, -0.15) is 0 Å². The fourth-order valence-electron chi connectivity index (χ4n) is 1.72. The molecule has 0 saturated heterocycles. The van der Waals surface area contributed by atoms with E-state index < -0.39 is 0 Å². The van der Waals surface area contributed by atoms with E-state index in [4.69, 9.17) is 9.47 Å². The summed E-state index contributed by atoms with van der Waals surface area (Å²) in [5.74, 6) is 0.824. The zero-order chi connectivity index (χ0) is 16.0. The molecule has 1 aromatic heterocycles. The first-order valence-corrected chi connectivity index (χ1v) is 8.64. The molecule has 126 valence electrons. The normalized spacial score (nSPS) is 11.7.